The maximum Gasteiger partial charge on any atom is 0.122 e. The third-order valence-electron chi connectivity index (χ3n) is 4.66. The van der Waals surface area contributed by atoms with Crippen molar-refractivity contribution in [2.24, 2.45) is 11.7 Å². The quantitative estimate of drug-likeness (QED) is 0.859. The van der Waals surface area contributed by atoms with Crippen molar-refractivity contribution in [2.75, 3.05) is 18.0 Å². The van der Waals surface area contributed by atoms with Crippen LogP contribution in [0.2, 0.25) is 0 Å². The predicted octanol–water partition coefficient (Wildman–Crippen LogP) is 3.82. The summed E-state index contributed by atoms with van der Waals surface area (Å²) in [5.41, 5.74) is 8.37. The molecule has 0 spiro atoms. The van der Waals surface area contributed by atoms with Gasteiger partial charge in [0.2, 0.25) is 0 Å². The van der Waals surface area contributed by atoms with Crippen molar-refractivity contribution in [1.29, 1.82) is 0 Å². The van der Waals surface area contributed by atoms with Crippen molar-refractivity contribution >= 4 is 5.69 Å². The molecule has 3 heteroatoms. The fourth-order valence-corrected chi connectivity index (χ4v) is 3.35. The minimum Gasteiger partial charge on any atom is -0.508 e. The number of anilines is 1. The zero-order valence-electron chi connectivity index (χ0n) is 12.8. The third-order valence-corrected chi connectivity index (χ3v) is 4.66. The molecule has 1 aromatic carbocycles. The molecule has 3 N–H and O–H groups in total. The lowest BCUT2D eigenvalue weighted by Gasteiger charge is -2.29. The normalized spacial score (nSPS) is 17.9. The van der Waals surface area contributed by atoms with Crippen molar-refractivity contribution in [1.82, 2.24) is 0 Å². The molecule has 1 aromatic rings. The number of rotatable bonds is 5. The van der Waals surface area contributed by atoms with Gasteiger partial charge in [0.25, 0.3) is 0 Å². The maximum absolute atomic E-state index is 10.3. The van der Waals surface area contributed by atoms with Crippen LogP contribution in [0.25, 0.3) is 0 Å². The molecule has 0 heterocycles. The van der Waals surface area contributed by atoms with Crippen molar-refractivity contribution in [2.45, 2.75) is 52.0 Å². The predicted molar refractivity (Wildman–Crippen MR) is 85.2 cm³/mol. The molecule has 20 heavy (non-hydrogen) atoms. The minimum absolute atomic E-state index is 0.0268. The summed E-state index contributed by atoms with van der Waals surface area (Å²) >= 11 is 0. The van der Waals surface area contributed by atoms with Gasteiger partial charge in [-0.25, -0.2) is 0 Å². The molecule has 0 amide bonds. The van der Waals surface area contributed by atoms with E-state index in [4.69, 9.17) is 5.73 Å². The molecule has 1 fully saturated rings. The number of nitrogens with zero attached hydrogens (tertiary/aromatic N) is 1. The van der Waals surface area contributed by atoms with Gasteiger partial charge in [0.1, 0.15) is 5.75 Å². The maximum atomic E-state index is 10.3. The molecule has 1 aliphatic rings. The molecule has 1 atom stereocenters. The summed E-state index contributed by atoms with van der Waals surface area (Å²) in [6, 6.07) is 5.94. The third kappa shape index (κ3) is 3.26. The zero-order valence-corrected chi connectivity index (χ0v) is 12.8. The Hall–Kier alpha value is -1.22. The molecule has 2 rings (SSSR count). The highest BCUT2D eigenvalue weighted by molar-refractivity contribution is 5.54. The average Bonchev–Trinajstić information content (AvgIpc) is 2.49. The van der Waals surface area contributed by atoms with Crippen LogP contribution in [0.15, 0.2) is 18.2 Å². The summed E-state index contributed by atoms with van der Waals surface area (Å²) in [5, 5.41) is 10.3. The fourth-order valence-electron chi connectivity index (χ4n) is 3.35. The lowest BCUT2D eigenvalue weighted by molar-refractivity contribution is 0.303. The molecule has 0 unspecified atom stereocenters. The van der Waals surface area contributed by atoms with E-state index in [0.29, 0.717) is 11.7 Å². The Labute approximate surface area is 122 Å². The van der Waals surface area contributed by atoms with E-state index >= 15 is 0 Å². The standard InChI is InChI=1S/C17H28N2O/c1-3-19(4-2)14-10-11-15(16(20)12-14)17(18)13-8-6-5-7-9-13/h10-13,17,20H,3-9,18H2,1-2H3/t17-/m0/s1. The highest BCUT2D eigenvalue weighted by Crippen LogP contribution is 2.37. The number of nitrogens with two attached hydrogens (primary N) is 1. The second-order valence-corrected chi connectivity index (χ2v) is 5.84. The largest absolute Gasteiger partial charge is 0.508 e. The minimum atomic E-state index is -0.0268. The average molecular weight is 276 g/mol. The number of hydrogen-bond donors (Lipinski definition) is 2. The van der Waals surface area contributed by atoms with E-state index < -0.39 is 0 Å². The van der Waals surface area contributed by atoms with E-state index in [0.717, 1.165) is 24.3 Å². The Balaban J connectivity index is 2.16. The van der Waals surface area contributed by atoms with Gasteiger partial charge in [0.05, 0.1) is 0 Å². The molecule has 112 valence electrons. The van der Waals surface area contributed by atoms with E-state index in [2.05, 4.69) is 24.8 Å². The van der Waals surface area contributed by atoms with Crippen molar-refractivity contribution in [3.8, 4) is 5.75 Å². The number of benzene rings is 1. The molecule has 0 saturated heterocycles. The summed E-state index contributed by atoms with van der Waals surface area (Å²) < 4.78 is 0. The lowest BCUT2D eigenvalue weighted by atomic mass is 9.81. The second-order valence-electron chi connectivity index (χ2n) is 5.84. The van der Waals surface area contributed by atoms with E-state index in [1.807, 2.05) is 12.1 Å². The summed E-state index contributed by atoms with van der Waals surface area (Å²) in [5.74, 6) is 0.876. The smallest absolute Gasteiger partial charge is 0.122 e. The molecule has 1 saturated carbocycles. The number of phenolic OH excluding ortho intramolecular Hbond substituents is 1. The SMILES string of the molecule is CCN(CC)c1ccc([C@@H](N)C2CCCCC2)c(O)c1. The first-order valence-electron chi connectivity index (χ1n) is 8.00. The Bertz CT molecular complexity index is 423. The lowest BCUT2D eigenvalue weighted by Crippen LogP contribution is -2.24. The van der Waals surface area contributed by atoms with Gasteiger partial charge in [-0.05, 0) is 38.7 Å². The molecule has 0 aromatic heterocycles. The van der Waals surface area contributed by atoms with Crippen LogP contribution >= 0.6 is 0 Å². The van der Waals surface area contributed by atoms with Crippen LogP contribution < -0.4 is 10.6 Å². The first-order chi connectivity index (χ1) is 9.67. The van der Waals surface area contributed by atoms with Gasteiger partial charge in [-0.1, -0.05) is 25.3 Å². The van der Waals surface area contributed by atoms with E-state index in [1.165, 1.54) is 32.1 Å². The Morgan fingerprint density at radius 3 is 2.40 bits per heavy atom. The van der Waals surface area contributed by atoms with E-state index in [9.17, 15) is 5.11 Å². The molecule has 0 bridgehead atoms. The Kier molecular flexibility index (Phi) is 5.30. The van der Waals surface area contributed by atoms with Crippen LogP contribution in [-0.4, -0.2) is 18.2 Å². The topological polar surface area (TPSA) is 49.5 Å². The summed E-state index contributed by atoms with van der Waals surface area (Å²) in [6.07, 6.45) is 6.26. The van der Waals surface area contributed by atoms with Crippen molar-refractivity contribution in [3.05, 3.63) is 23.8 Å². The molecular weight excluding hydrogens is 248 g/mol. The number of hydrogen-bond acceptors (Lipinski definition) is 3. The summed E-state index contributed by atoms with van der Waals surface area (Å²) in [6.45, 7) is 6.15. The Morgan fingerprint density at radius 2 is 1.85 bits per heavy atom. The van der Waals surface area contributed by atoms with Crippen LogP contribution in [0.4, 0.5) is 5.69 Å². The number of phenols is 1. The Morgan fingerprint density at radius 1 is 1.20 bits per heavy atom. The molecule has 3 nitrogen and oxygen atoms in total. The highest BCUT2D eigenvalue weighted by Gasteiger charge is 2.24. The van der Waals surface area contributed by atoms with Gasteiger partial charge in [-0.2, -0.15) is 0 Å². The number of aromatic hydroxyl groups is 1. The van der Waals surface area contributed by atoms with Gasteiger partial charge in [0, 0.05) is 36.4 Å². The van der Waals surface area contributed by atoms with Gasteiger partial charge in [-0.15, -0.1) is 0 Å². The van der Waals surface area contributed by atoms with Crippen LogP contribution in [0.3, 0.4) is 0 Å². The second kappa shape index (κ2) is 6.98. The molecular formula is C17H28N2O. The van der Waals surface area contributed by atoms with Crippen LogP contribution in [0.5, 0.6) is 5.75 Å². The highest BCUT2D eigenvalue weighted by atomic mass is 16.3. The van der Waals surface area contributed by atoms with E-state index in [1.54, 1.807) is 0 Å². The molecule has 0 radical (unpaired) electrons. The monoisotopic (exact) mass is 276 g/mol. The molecule has 0 aliphatic heterocycles. The first-order valence-corrected chi connectivity index (χ1v) is 8.00. The summed E-state index contributed by atoms with van der Waals surface area (Å²) in [4.78, 5) is 2.23. The van der Waals surface area contributed by atoms with Gasteiger partial charge >= 0.3 is 0 Å². The van der Waals surface area contributed by atoms with Crippen molar-refractivity contribution < 1.29 is 5.11 Å². The van der Waals surface area contributed by atoms with Crippen LogP contribution in [0, 0.1) is 5.92 Å². The summed E-state index contributed by atoms with van der Waals surface area (Å²) in [7, 11) is 0. The van der Waals surface area contributed by atoms with Crippen LogP contribution in [0.1, 0.15) is 57.6 Å². The van der Waals surface area contributed by atoms with Crippen LogP contribution in [-0.2, 0) is 0 Å². The van der Waals surface area contributed by atoms with Gasteiger partial charge in [-0.3, -0.25) is 0 Å². The zero-order chi connectivity index (χ0) is 14.5. The van der Waals surface area contributed by atoms with Gasteiger partial charge in [0.15, 0.2) is 0 Å². The fraction of sp³-hybridized carbons (Fsp3) is 0.647. The van der Waals surface area contributed by atoms with Gasteiger partial charge < -0.3 is 15.7 Å². The van der Waals surface area contributed by atoms with E-state index in [-0.39, 0.29) is 6.04 Å². The first kappa shape index (κ1) is 15.2. The van der Waals surface area contributed by atoms with Crippen molar-refractivity contribution in [3.63, 3.8) is 0 Å². The molecule has 1 aliphatic carbocycles.